The van der Waals surface area contributed by atoms with E-state index in [0.29, 0.717) is 23.6 Å². The highest BCUT2D eigenvalue weighted by molar-refractivity contribution is 6.00. The molecule has 0 radical (unpaired) electrons. The largest absolute Gasteiger partial charge is 0.492 e. The molecule has 2 fully saturated rings. The number of aromatic amines is 2. The predicted octanol–water partition coefficient (Wildman–Crippen LogP) is 6.44. The van der Waals surface area contributed by atoms with E-state index < -0.39 is 0 Å². The molecule has 0 unspecified atom stereocenters. The zero-order chi connectivity index (χ0) is 30.2. The molecule has 0 saturated carbocycles. The first-order chi connectivity index (χ1) is 22.2. The molecule has 8 rings (SSSR count). The van der Waals surface area contributed by atoms with Gasteiger partial charge >= 0.3 is 0 Å². The van der Waals surface area contributed by atoms with Crippen LogP contribution in [0.1, 0.15) is 31.2 Å². The summed E-state index contributed by atoms with van der Waals surface area (Å²) in [6.45, 7) is 6.77. The van der Waals surface area contributed by atoms with Crippen LogP contribution < -0.4 is 4.74 Å². The Kier molecular flexibility index (Phi) is 7.44. The Labute approximate surface area is 260 Å². The van der Waals surface area contributed by atoms with Crippen molar-refractivity contribution in [2.45, 2.75) is 32.2 Å². The van der Waals surface area contributed by atoms with Crippen molar-refractivity contribution in [2.75, 3.05) is 39.3 Å². The first kappa shape index (κ1) is 27.8. The number of likely N-dealkylation sites (tertiary alicyclic amines) is 2. The van der Waals surface area contributed by atoms with Gasteiger partial charge in [0.25, 0.3) is 0 Å². The molecule has 2 saturated heterocycles. The topological polar surface area (TPSA) is 98.8 Å². The quantitative estimate of drug-likeness (QED) is 0.197. The normalized spacial score (nSPS) is 15.9. The maximum Gasteiger partial charge on any atom is 0.135 e. The molecule has 7 heterocycles. The molecule has 0 spiro atoms. The van der Waals surface area contributed by atoms with Gasteiger partial charge in [0.05, 0.1) is 28.6 Å². The Hall–Kier alpha value is -4.67. The minimum absolute atomic E-state index is 0.342. The molecule has 10 heteroatoms. The second-order valence-electron chi connectivity index (χ2n) is 12.1. The predicted molar refractivity (Wildman–Crippen MR) is 173 cm³/mol. The maximum absolute atomic E-state index is 14.8. The minimum atomic E-state index is -0.342. The molecule has 9 nitrogen and oxygen atoms in total. The van der Waals surface area contributed by atoms with Gasteiger partial charge in [0.1, 0.15) is 29.4 Å². The smallest absolute Gasteiger partial charge is 0.135 e. The Morgan fingerprint density at radius 3 is 2.49 bits per heavy atom. The van der Waals surface area contributed by atoms with Crippen molar-refractivity contribution < 1.29 is 9.13 Å². The lowest BCUT2D eigenvalue weighted by atomic mass is 10.0. The van der Waals surface area contributed by atoms with Crippen LogP contribution in [0.3, 0.4) is 0 Å². The molecule has 6 aromatic rings. The standard InChI is InChI=1S/C35H35FN8O/c36-26-14-24(15-27(16-26)45-12-11-43-7-1-2-8-43)29-20-38-21-33-28(29)17-32(39-33)35-34-31(41-42-35)6-5-30(40-34)25-13-23(18-37-19-25)22-44-9-3-4-10-44/h5-6,13-21,39H,1-4,7-12,22H2,(H,41,42). The first-order valence-electron chi connectivity index (χ1n) is 15.8. The van der Waals surface area contributed by atoms with E-state index in [9.17, 15) is 4.39 Å². The summed E-state index contributed by atoms with van der Waals surface area (Å²) >= 11 is 0. The summed E-state index contributed by atoms with van der Waals surface area (Å²) in [5.41, 5.74) is 8.48. The lowest BCUT2D eigenvalue weighted by Gasteiger charge is -2.15. The SMILES string of the molecule is Fc1cc(OCCN2CCCC2)cc(-c2cncc3[nH]c(-c4n[nH]c5ccc(-c6cncc(CN7CCCC7)c6)nc45)cc23)c1. The van der Waals surface area contributed by atoms with E-state index in [-0.39, 0.29) is 5.82 Å². The molecular formula is C35H35FN8O. The van der Waals surface area contributed by atoms with Gasteiger partial charge in [0.15, 0.2) is 0 Å². The Morgan fingerprint density at radius 2 is 1.62 bits per heavy atom. The van der Waals surface area contributed by atoms with Gasteiger partial charge in [0, 0.05) is 54.3 Å². The molecule has 2 aliphatic heterocycles. The summed E-state index contributed by atoms with van der Waals surface area (Å²) in [6, 6.07) is 13.1. The Balaban J connectivity index is 1.09. The number of pyridine rings is 3. The number of nitrogens with zero attached hydrogens (tertiary/aromatic N) is 6. The van der Waals surface area contributed by atoms with Crippen molar-refractivity contribution in [2.24, 2.45) is 0 Å². The van der Waals surface area contributed by atoms with Gasteiger partial charge in [-0.1, -0.05) is 0 Å². The van der Waals surface area contributed by atoms with E-state index in [2.05, 4.69) is 41.0 Å². The lowest BCUT2D eigenvalue weighted by molar-refractivity contribution is 0.237. The molecule has 1 aromatic carbocycles. The monoisotopic (exact) mass is 602 g/mol. The van der Waals surface area contributed by atoms with Crippen molar-refractivity contribution >= 4 is 21.9 Å². The number of nitrogens with one attached hydrogen (secondary N) is 2. The molecule has 228 valence electrons. The Bertz CT molecular complexity index is 1970. The molecule has 5 aromatic heterocycles. The van der Waals surface area contributed by atoms with Crippen LogP contribution >= 0.6 is 0 Å². The van der Waals surface area contributed by atoms with E-state index in [1.807, 2.05) is 36.7 Å². The number of hydrogen-bond donors (Lipinski definition) is 2. The molecule has 2 aliphatic rings. The third-order valence-corrected chi connectivity index (χ3v) is 8.96. The third-order valence-electron chi connectivity index (χ3n) is 8.96. The van der Waals surface area contributed by atoms with Crippen molar-refractivity contribution in [3.05, 3.63) is 78.6 Å². The van der Waals surface area contributed by atoms with Crippen molar-refractivity contribution in [1.82, 2.24) is 39.9 Å². The van der Waals surface area contributed by atoms with Crippen LogP contribution in [0.5, 0.6) is 5.75 Å². The molecule has 2 N–H and O–H groups in total. The number of aromatic nitrogens is 6. The molecule has 0 aliphatic carbocycles. The van der Waals surface area contributed by atoms with Crippen LogP contribution in [0.15, 0.2) is 67.3 Å². The van der Waals surface area contributed by atoms with E-state index in [1.54, 1.807) is 12.4 Å². The lowest BCUT2D eigenvalue weighted by Crippen LogP contribution is -2.25. The van der Waals surface area contributed by atoms with Crippen LogP contribution in [0.2, 0.25) is 0 Å². The van der Waals surface area contributed by atoms with Crippen molar-refractivity contribution in [3.63, 3.8) is 0 Å². The van der Waals surface area contributed by atoms with Gasteiger partial charge in [-0.15, -0.1) is 0 Å². The van der Waals surface area contributed by atoms with Crippen LogP contribution in [-0.2, 0) is 6.54 Å². The second kappa shape index (κ2) is 12.0. The number of hydrogen-bond acceptors (Lipinski definition) is 7. The van der Waals surface area contributed by atoms with Gasteiger partial charge in [0.2, 0.25) is 0 Å². The number of benzene rings is 1. The van der Waals surface area contributed by atoms with Crippen molar-refractivity contribution in [3.8, 4) is 39.5 Å². The average Bonchev–Trinajstić information content (AvgIpc) is 3.88. The number of fused-ring (bicyclic) bond motifs is 2. The summed E-state index contributed by atoms with van der Waals surface area (Å²) < 4.78 is 20.8. The van der Waals surface area contributed by atoms with Crippen molar-refractivity contribution in [1.29, 1.82) is 0 Å². The highest BCUT2D eigenvalue weighted by Crippen LogP contribution is 2.35. The fraction of sp³-hybridized carbons (Fsp3) is 0.314. The van der Waals surface area contributed by atoms with Crippen LogP contribution in [-0.4, -0.2) is 79.3 Å². The Morgan fingerprint density at radius 1 is 0.800 bits per heavy atom. The molecule has 0 amide bonds. The van der Waals surface area contributed by atoms with Gasteiger partial charge in [-0.05, 0) is 99.4 Å². The molecule has 0 atom stereocenters. The zero-order valence-electron chi connectivity index (χ0n) is 25.1. The first-order valence-corrected chi connectivity index (χ1v) is 15.8. The maximum atomic E-state index is 14.8. The van der Waals surface area contributed by atoms with E-state index in [0.717, 1.165) is 83.7 Å². The summed E-state index contributed by atoms with van der Waals surface area (Å²) in [5, 5.41) is 8.68. The third kappa shape index (κ3) is 5.79. The van der Waals surface area contributed by atoms with Gasteiger partial charge < -0.3 is 9.72 Å². The molecular weight excluding hydrogens is 567 g/mol. The van der Waals surface area contributed by atoms with E-state index >= 15 is 0 Å². The van der Waals surface area contributed by atoms with E-state index in [1.165, 1.54) is 43.4 Å². The zero-order valence-corrected chi connectivity index (χ0v) is 25.1. The van der Waals surface area contributed by atoms with Gasteiger partial charge in [-0.2, -0.15) is 5.10 Å². The number of ether oxygens (including phenoxy) is 1. The van der Waals surface area contributed by atoms with Gasteiger partial charge in [-0.3, -0.25) is 24.9 Å². The highest BCUT2D eigenvalue weighted by Gasteiger charge is 2.18. The van der Waals surface area contributed by atoms with Crippen LogP contribution in [0, 0.1) is 5.82 Å². The second-order valence-corrected chi connectivity index (χ2v) is 12.1. The van der Waals surface area contributed by atoms with Crippen LogP contribution in [0.25, 0.3) is 55.7 Å². The molecule has 0 bridgehead atoms. The fourth-order valence-electron chi connectivity index (χ4n) is 6.67. The summed E-state index contributed by atoms with van der Waals surface area (Å²) in [4.78, 5) is 22.3. The summed E-state index contributed by atoms with van der Waals surface area (Å²) in [5.74, 6) is 0.177. The number of rotatable bonds is 9. The number of halogens is 1. The summed E-state index contributed by atoms with van der Waals surface area (Å²) in [7, 11) is 0. The van der Waals surface area contributed by atoms with Crippen LogP contribution in [0.4, 0.5) is 4.39 Å². The number of H-pyrrole nitrogens is 2. The van der Waals surface area contributed by atoms with E-state index in [4.69, 9.17) is 9.72 Å². The highest BCUT2D eigenvalue weighted by atomic mass is 19.1. The summed E-state index contributed by atoms with van der Waals surface area (Å²) in [6.07, 6.45) is 12.3. The fourth-order valence-corrected chi connectivity index (χ4v) is 6.67. The molecule has 45 heavy (non-hydrogen) atoms. The average molecular weight is 603 g/mol. The minimum Gasteiger partial charge on any atom is -0.492 e. The van der Waals surface area contributed by atoms with Gasteiger partial charge in [-0.25, -0.2) is 9.37 Å².